The third-order valence-corrected chi connectivity index (χ3v) is 20.0. The van der Waals surface area contributed by atoms with Crippen LogP contribution in [-0.2, 0) is 0 Å². The molecule has 0 saturated heterocycles. The van der Waals surface area contributed by atoms with Crippen molar-refractivity contribution in [1.29, 1.82) is 0 Å². The molecule has 13 rings (SSSR count). The van der Waals surface area contributed by atoms with E-state index >= 15 is 0 Å². The van der Waals surface area contributed by atoms with Crippen LogP contribution in [0.15, 0.2) is 122 Å². The normalized spacial score (nSPS) is 17.2. The number of pyridine rings is 4. The molecule has 5 aliphatic rings. The molecule has 92 heavy (non-hydrogen) atoms. The molecule has 12 nitrogen and oxygen atoms in total. The summed E-state index contributed by atoms with van der Waals surface area (Å²) in [5.41, 5.74) is 16.3. The zero-order chi connectivity index (χ0) is 62.6. The molecule has 8 heterocycles. The zero-order valence-electron chi connectivity index (χ0n) is 54.7. The average Bonchev–Trinajstić information content (AvgIpc) is 0.739. The van der Waals surface area contributed by atoms with Crippen LogP contribution in [0.3, 0.4) is 0 Å². The summed E-state index contributed by atoms with van der Waals surface area (Å²) >= 11 is 0. The predicted octanol–water partition coefficient (Wildman–Crippen LogP) is 21.1. The van der Waals surface area contributed by atoms with Gasteiger partial charge < -0.3 is 37.9 Å². The van der Waals surface area contributed by atoms with E-state index < -0.39 is 0 Å². The van der Waals surface area contributed by atoms with E-state index in [1.807, 2.05) is 49.6 Å². The lowest BCUT2D eigenvalue weighted by molar-refractivity contribution is 0.101. The van der Waals surface area contributed by atoms with Gasteiger partial charge in [0, 0.05) is 118 Å². The standard InChI is InChI=1S/C80H92N4O8/c1-5-9-13-17-21-25-57-61-45-63-58(26-22-18-14-10-6-2)65-47-67-60(28-24-20-16-12-8-4)68-48-66-59(27-23-19-15-11-7-3)64-46-62(57)74-70(54-31-39-82-40-32-54)76(64)88-51-90-78(66)72(56-35-43-84-44-36-56)80(68)92-52-91-79(67)71(55-33-41-83-42-34-55)77(65)89-50-87-75(63)69(73(61)85-49-86-74)53-29-37-81-38-30-53/h29-48,57-60H,5-28,49-52H2,1-4H3. The van der Waals surface area contributed by atoms with E-state index in [0.29, 0.717) is 0 Å². The molecule has 0 N–H and O–H groups in total. The minimum atomic E-state index is -0.204. The highest BCUT2D eigenvalue weighted by atomic mass is 16.7. The molecule has 4 aliphatic heterocycles. The first-order valence-corrected chi connectivity index (χ1v) is 35.1. The molecule has 12 heteroatoms. The second kappa shape index (κ2) is 30.1. The van der Waals surface area contributed by atoms with Crippen molar-refractivity contribution in [2.45, 2.75) is 205 Å². The van der Waals surface area contributed by atoms with Gasteiger partial charge in [0.05, 0.1) is 22.3 Å². The van der Waals surface area contributed by atoms with Crippen LogP contribution in [0.2, 0.25) is 0 Å². The van der Waals surface area contributed by atoms with Crippen LogP contribution < -0.4 is 37.9 Å². The van der Waals surface area contributed by atoms with E-state index in [1.54, 1.807) is 0 Å². The van der Waals surface area contributed by atoms with Crippen molar-refractivity contribution in [3.05, 3.63) is 167 Å². The molecular weight excluding hydrogens is 1140 g/mol. The van der Waals surface area contributed by atoms with E-state index in [0.717, 1.165) is 263 Å². The molecule has 1 aliphatic carbocycles. The summed E-state index contributed by atoms with van der Waals surface area (Å²) in [5.74, 6) is 5.25. The van der Waals surface area contributed by atoms with Crippen LogP contribution in [0.1, 0.15) is 250 Å². The van der Waals surface area contributed by atoms with E-state index in [4.69, 9.17) is 37.9 Å². The lowest BCUT2D eigenvalue weighted by atomic mass is 9.73. The Bertz CT molecular complexity index is 3160. The number of nitrogens with zero attached hydrogens (tertiary/aromatic N) is 4. The van der Waals surface area contributed by atoms with E-state index in [-0.39, 0.29) is 50.8 Å². The fourth-order valence-corrected chi connectivity index (χ4v) is 15.5. The molecular formula is C80H92N4O8. The van der Waals surface area contributed by atoms with Crippen molar-refractivity contribution in [2.24, 2.45) is 0 Å². The van der Waals surface area contributed by atoms with Gasteiger partial charge in [0.25, 0.3) is 0 Å². The summed E-state index contributed by atoms with van der Waals surface area (Å²) in [6, 6.07) is 26.8. The number of unbranched alkanes of at least 4 members (excludes halogenated alkanes) is 16. The summed E-state index contributed by atoms with van der Waals surface area (Å²) in [7, 11) is 0. The third kappa shape index (κ3) is 12.9. The van der Waals surface area contributed by atoms with Gasteiger partial charge in [0.1, 0.15) is 46.0 Å². The molecule has 4 aromatic heterocycles. The Labute approximate surface area is 545 Å². The molecule has 0 spiro atoms. The summed E-state index contributed by atoms with van der Waals surface area (Å²) < 4.78 is 58.8. The van der Waals surface area contributed by atoms with E-state index in [1.165, 1.54) is 25.7 Å². The highest BCUT2D eigenvalue weighted by Gasteiger charge is 2.42. The van der Waals surface area contributed by atoms with E-state index in [2.05, 4.69) is 120 Å². The molecule has 0 fully saturated rings. The first-order chi connectivity index (χ1) is 45.6. The maximum absolute atomic E-state index is 7.35. The molecule has 8 bridgehead atoms. The maximum Gasteiger partial charge on any atom is 0.230 e. The Hall–Kier alpha value is -8.12. The van der Waals surface area contributed by atoms with Crippen molar-refractivity contribution in [3.8, 4) is 90.5 Å². The van der Waals surface area contributed by atoms with Crippen LogP contribution in [0, 0.1) is 0 Å². The number of rotatable bonds is 28. The van der Waals surface area contributed by atoms with Crippen molar-refractivity contribution >= 4 is 0 Å². The van der Waals surface area contributed by atoms with Gasteiger partial charge in [-0.3, -0.25) is 19.9 Å². The van der Waals surface area contributed by atoms with Gasteiger partial charge >= 0.3 is 0 Å². The van der Waals surface area contributed by atoms with Crippen LogP contribution in [0.25, 0.3) is 44.5 Å². The van der Waals surface area contributed by atoms with Crippen LogP contribution in [0.4, 0.5) is 0 Å². The van der Waals surface area contributed by atoms with Gasteiger partial charge in [-0.05, 0) is 121 Å². The second-order valence-corrected chi connectivity index (χ2v) is 25.9. The lowest BCUT2D eigenvalue weighted by Gasteiger charge is -2.38. The summed E-state index contributed by atoms with van der Waals surface area (Å²) in [6.07, 6.45) is 40.8. The van der Waals surface area contributed by atoms with Gasteiger partial charge in [-0.25, -0.2) is 0 Å². The van der Waals surface area contributed by atoms with Crippen LogP contribution in [0.5, 0.6) is 46.0 Å². The fourth-order valence-electron chi connectivity index (χ4n) is 15.5. The Balaban J connectivity index is 1.22. The number of ether oxygens (including phenoxy) is 8. The highest BCUT2D eigenvalue weighted by molar-refractivity contribution is 5.88. The number of hydrogen-bond donors (Lipinski definition) is 0. The third-order valence-electron chi connectivity index (χ3n) is 20.0. The van der Waals surface area contributed by atoms with Crippen molar-refractivity contribution in [1.82, 2.24) is 19.9 Å². The van der Waals surface area contributed by atoms with Gasteiger partial charge in [-0.2, -0.15) is 0 Å². The van der Waals surface area contributed by atoms with Crippen LogP contribution >= 0.6 is 0 Å². The highest BCUT2D eigenvalue weighted by Crippen LogP contribution is 2.62. The topological polar surface area (TPSA) is 125 Å². The quantitative estimate of drug-likeness (QED) is 0.0434. The second-order valence-electron chi connectivity index (χ2n) is 25.9. The van der Waals surface area contributed by atoms with Crippen molar-refractivity contribution < 1.29 is 37.9 Å². The van der Waals surface area contributed by atoms with Crippen molar-refractivity contribution in [2.75, 3.05) is 27.2 Å². The molecule has 0 unspecified atom stereocenters. The molecule has 8 aromatic rings. The van der Waals surface area contributed by atoms with E-state index in [9.17, 15) is 0 Å². The van der Waals surface area contributed by atoms with Crippen LogP contribution in [-0.4, -0.2) is 47.1 Å². The first kappa shape index (κ1) is 62.7. The molecule has 0 saturated carbocycles. The summed E-state index contributed by atoms with van der Waals surface area (Å²) in [6.45, 7) is 8.90. The molecule has 0 amide bonds. The van der Waals surface area contributed by atoms with Gasteiger partial charge in [0.15, 0.2) is 0 Å². The minimum Gasteiger partial charge on any atom is -0.456 e. The zero-order valence-corrected chi connectivity index (χ0v) is 54.7. The van der Waals surface area contributed by atoms with Gasteiger partial charge in [-0.1, -0.05) is 156 Å². The largest absolute Gasteiger partial charge is 0.456 e. The Morgan fingerprint density at radius 1 is 0.250 bits per heavy atom. The number of hydrogen-bond acceptors (Lipinski definition) is 12. The Kier molecular flexibility index (Phi) is 20.5. The maximum atomic E-state index is 7.35. The number of aromatic nitrogens is 4. The fraction of sp³-hybridized carbons (Fsp3) is 0.450. The minimum absolute atomic E-state index is 0.0694. The monoisotopic (exact) mass is 1240 g/mol. The molecule has 0 atom stereocenters. The molecule has 480 valence electrons. The Morgan fingerprint density at radius 2 is 0.424 bits per heavy atom. The molecule has 0 radical (unpaired) electrons. The lowest BCUT2D eigenvalue weighted by Crippen LogP contribution is -2.24. The number of benzene rings is 4. The summed E-state index contributed by atoms with van der Waals surface area (Å²) in [5, 5.41) is 0. The van der Waals surface area contributed by atoms with Gasteiger partial charge in [0.2, 0.25) is 27.2 Å². The average molecular weight is 1240 g/mol. The van der Waals surface area contributed by atoms with Crippen molar-refractivity contribution in [3.63, 3.8) is 0 Å². The first-order valence-electron chi connectivity index (χ1n) is 35.1. The summed E-state index contributed by atoms with van der Waals surface area (Å²) in [4.78, 5) is 18.4. The predicted molar refractivity (Wildman–Crippen MR) is 364 cm³/mol. The SMILES string of the molecule is CCCCCCCC1c2cc3c4c(-c5ccncc5)c2OCOc2c1cc1c(c2-c2ccncc2)OCOc2c(cc5c(c2-c2ccncc2)OCOc2c(cc(c(c2-c2ccncc2)OCO4)C3CCCCCCC)C5CCCCCCC)C1CCCCCCC. The molecule has 4 aromatic carbocycles. The Morgan fingerprint density at radius 3 is 0.598 bits per heavy atom. The van der Waals surface area contributed by atoms with Gasteiger partial charge in [-0.15, -0.1) is 0 Å². The smallest absolute Gasteiger partial charge is 0.230 e.